The summed E-state index contributed by atoms with van der Waals surface area (Å²) < 4.78 is 0. The van der Waals surface area contributed by atoms with Gasteiger partial charge in [-0.3, -0.25) is 9.59 Å². The van der Waals surface area contributed by atoms with Crippen LogP contribution in [0.15, 0.2) is 59.5 Å². The summed E-state index contributed by atoms with van der Waals surface area (Å²) in [4.78, 5) is 32.8. The van der Waals surface area contributed by atoms with E-state index in [2.05, 4.69) is 25.5 Å². The molecule has 122 valence electrons. The summed E-state index contributed by atoms with van der Waals surface area (Å²) >= 11 is 1.52. The number of pyridine rings is 1. The molecule has 0 atom stereocenters. The van der Waals surface area contributed by atoms with E-state index in [0.717, 1.165) is 20.9 Å². The standard InChI is InChI=1S/C17H11N5O2S/c23-14-8-7-12(21-22-14)15(24)19-11-5-3-10(4-6-11)16-20-13-2-1-9-18-17(13)25-16/h1-9H,(H,19,24)(H,22,23). The van der Waals surface area contributed by atoms with E-state index in [4.69, 9.17) is 0 Å². The third-order valence-corrected chi connectivity index (χ3v) is 4.50. The number of aromatic nitrogens is 4. The Morgan fingerprint density at radius 3 is 2.64 bits per heavy atom. The molecule has 0 aliphatic heterocycles. The minimum Gasteiger partial charge on any atom is -0.321 e. The van der Waals surface area contributed by atoms with Gasteiger partial charge >= 0.3 is 0 Å². The van der Waals surface area contributed by atoms with E-state index in [0.29, 0.717) is 5.69 Å². The third-order valence-electron chi connectivity index (χ3n) is 3.47. The second-order valence-electron chi connectivity index (χ2n) is 5.18. The molecule has 25 heavy (non-hydrogen) atoms. The lowest BCUT2D eigenvalue weighted by Crippen LogP contribution is -2.17. The van der Waals surface area contributed by atoms with Crippen LogP contribution in [0, 0.1) is 0 Å². The van der Waals surface area contributed by atoms with Gasteiger partial charge in [0, 0.05) is 23.5 Å². The number of benzene rings is 1. The summed E-state index contributed by atoms with van der Waals surface area (Å²) in [7, 11) is 0. The van der Waals surface area contributed by atoms with Gasteiger partial charge in [0.15, 0.2) is 0 Å². The minimum absolute atomic E-state index is 0.140. The van der Waals surface area contributed by atoms with Gasteiger partial charge < -0.3 is 5.32 Å². The Bertz CT molecular complexity index is 1060. The van der Waals surface area contributed by atoms with Gasteiger partial charge in [0.25, 0.3) is 11.5 Å². The van der Waals surface area contributed by atoms with E-state index in [1.54, 1.807) is 18.3 Å². The number of anilines is 1. The monoisotopic (exact) mass is 349 g/mol. The van der Waals surface area contributed by atoms with Crippen molar-refractivity contribution in [3.8, 4) is 10.6 Å². The van der Waals surface area contributed by atoms with Gasteiger partial charge in [-0.05, 0) is 42.5 Å². The van der Waals surface area contributed by atoms with Crippen molar-refractivity contribution in [2.45, 2.75) is 0 Å². The van der Waals surface area contributed by atoms with Crippen LogP contribution in [0.25, 0.3) is 20.9 Å². The molecule has 0 saturated carbocycles. The highest BCUT2D eigenvalue weighted by molar-refractivity contribution is 7.21. The molecule has 0 radical (unpaired) electrons. The average molecular weight is 349 g/mol. The van der Waals surface area contributed by atoms with Gasteiger partial charge in [0.1, 0.15) is 21.0 Å². The molecule has 0 spiro atoms. The first-order chi connectivity index (χ1) is 12.2. The molecule has 0 saturated heterocycles. The van der Waals surface area contributed by atoms with Crippen LogP contribution in [0.4, 0.5) is 5.69 Å². The molecule has 7 nitrogen and oxygen atoms in total. The Kier molecular flexibility index (Phi) is 3.79. The minimum atomic E-state index is -0.395. The number of hydrogen-bond donors (Lipinski definition) is 2. The van der Waals surface area contributed by atoms with Crippen LogP contribution in [0.2, 0.25) is 0 Å². The number of nitrogens with zero attached hydrogens (tertiary/aromatic N) is 3. The number of rotatable bonds is 3. The Morgan fingerprint density at radius 2 is 1.92 bits per heavy atom. The van der Waals surface area contributed by atoms with E-state index in [1.807, 2.05) is 24.3 Å². The lowest BCUT2D eigenvalue weighted by Gasteiger charge is -2.05. The van der Waals surface area contributed by atoms with Crippen LogP contribution in [0.3, 0.4) is 0 Å². The van der Waals surface area contributed by atoms with Crippen molar-refractivity contribution >= 4 is 33.3 Å². The molecule has 2 N–H and O–H groups in total. The summed E-state index contributed by atoms with van der Waals surface area (Å²) in [5, 5.41) is 9.53. The molecule has 0 unspecified atom stereocenters. The second kappa shape index (κ2) is 6.25. The highest BCUT2D eigenvalue weighted by Gasteiger charge is 2.09. The van der Waals surface area contributed by atoms with E-state index >= 15 is 0 Å². The maximum Gasteiger partial charge on any atom is 0.276 e. The smallest absolute Gasteiger partial charge is 0.276 e. The maximum absolute atomic E-state index is 12.1. The average Bonchev–Trinajstić information content (AvgIpc) is 3.07. The lowest BCUT2D eigenvalue weighted by atomic mass is 10.2. The first-order valence-corrected chi connectivity index (χ1v) is 8.20. The normalized spacial score (nSPS) is 10.7. The van der Waals surface area contributed by atoms with Crippen molar-refractivity contribution < 1.29 is 4.79 Å². The molecule has 0 aliphatic carbocycles. The van der Waals surface area contributed by atoms with E-state index in [-0.39, 0.29) is 11.3 Å². The first kappa shape index (κ1) is 15.2. The SMILES string of the molecule is O=C(Nc1ccc(-c2nc3cccnc3s2)cc1)c1ccc(=O)[nH]n1. The fraction of sp³-hybridized carbons (Fsp3) is 0. The Morgan fingerprint density at radius 1 is 1.08 bits per heavy atom. The summed E-state index contributed by atoms with van der Waals surface area (Å²) in [6, 6.07) is 13.8. The predicted octanol–water partition coefficient (Wildman–Crippen LogP) is 2.69. The molecule has 1 amide bonds. The van der Waals surface area contributed by atoms with Crippen LogP contribution < -0.4 is 10.9 Å². The topological polar surface area (TPSA) is 101 Å². The number of thiazole rings is 1. The number of aromatic amines is 1. The van der Waals surface area contributed by atoms with Crippen LogP contribution in [0.5, 0.6) is 0 Å². The molecule has 0 fully saturated rings. The maximum atomic E-state index is 12.1. The van der Waals surface area contributed by atoms with E-state index < -0.39 is 5.91 Å². The first-order valence-electron chi connectivity index (χ1n) is 7.38. The lowest BCUT2D eigenvalue weighted by molar-refractivity contribution is 0.102. The van der Waals surface area contributed by atoms with Gasteiger partial charge in [-0.25, -0.2) is 15.1 Å². The Balaban J connectivity index is 1.54. The van der Waals surface area contributed by atoms with Crippen molar-refractivity contribution in [2.75, 3.05) is 5.32 Å². The Labute approximate surface area is 145 Å². The molecule has 4 rings (SSSR count). The van der Waals surface area contributed by atoms with Crippen molar-refractivity contribution in [1.29, 1.82) is 0 Å². The van der Waals surface area contributed by atoms with Crippen molar-refractivity contribution in [3.05, 3.63) is 70.8 Å². The van der Waals surface area contributed by atoms with Gasteiger partial charge in [-0.1, -0.05) is 11.3 Å². The van der Waals surface area contributed by atoms with Crippen LogP contribution in [-0.4, -0.2) is 26.1 Å². The highest BCUT2D eigenvalue weighted by atomic mass is 32.1. The summed E-state index contributed by atoms with van der Waals surface area (Å²) in [6.45, 7) is 0. The number of fused-ring (bicyclic) bond motifs is 1. The quantitative estimate of drug-likeness (QED) is 0.592. The Hall–Kier alpha value is -3.39. The van der Waals surface area contributed by atoms with Crippen LogP contribution in [0.1, 0.15) is 10.5 Å². The van der Waals surface area contributed by atoms with Gasteiger partial charge in [-0.15, -0.1) is 0 Å². The molecular weight excluding hydrogens is 338 g/mol. The number of H-pyrrole nitrogens is 1. The molecule has 3 heterocycles. The van der Waals surface area contributed by atoms with Crippen molar-refractivity contribution in [1.82, 2.24) is 20.2 Å². The van der Waals surface area contributed by atoms with Crippen LogP contribution in [-0.2, 0) is 0 Å². The molecule has 1 aromatic carbocycles. The van der Waals surface area contributed by atoms with Gasteiger partial charge in [0.05, 0.1) is 0 Å². The zero-order valence-corrected chi connectivity index (χ0v) is 13.6. The van der Waals surface area contributed by atoms with E-state index in [9.17, 15) is 9.59 Å². The van der Waals surface area contributed by atoms with Crippen LogP contribution >= 0.6 is 11.3 Å². The zero-order chi connectivity index (χ0) is 17.2. The molecule has 0 bridgehead atoms. The number of nitrogens with one attached hydrogen (secondary N) is 2. The van der Waals surface area contributed by atoms with Gasteiger partial charge in [0.2, 0.25) is 0 Å². The van der Waals surface area contributed by atoms with E-state index in [1.165, 1.54) is 23.5 Å². The fourth-order valence-corrected chi connectivity index (χ4v) is 3.17. The number of carbonyl (C=O) groups excluding carboxylic acids is 1. The number of hydrogen-bond acceptors (Lipinski definition) is 6. The molecule has 8 heteroatoms. The number of carbonyl (C=O) groups is 1. The summed E-state index contributed by atoms with van der Waals surface area (Å²) in [6.07, 6.45) is 1.74. The molecule has 3 aromatic heterocycles. The summed E-state index contributed by atoms with van der Waals surface area (Å²) in [5.74, 6) is -0.395. The van der Waals surface area contributed by atoms with Crippen molar-refractivity contribution in [3.63, 3.8) is 0 Å². The third kappa shape index (κ3) is 3.15. The molecular formula is C17H11N5O2S. The zero-order valence-electron chi connectivity index (χ0n) is 12.8. The molecule has 4 aromatic rings. The van der Waals surface area contributed by atoms with Gasteiger partial charge in [-0.2, -0.15) is 5.10 Å². The summed E-state index contributed by atoms with van der Waals surface area (Å²) in [5.41, 5.74) is 2.22. The largest absolute Gasteiger partial charge is 0.321 e. The predicted molar refractivity (Wildman–Crippen MR) is 95.7 cm³/mol. The van der Waals surface area contributed by atoms with Crippen molar-refractivity contribution in [2.24, 2.45) is 0 Å². The number of amides is 1. The fourth-order valence-electron chi connectivity index (χ4n) is 2.26. The highest BCUT2D eigenvalue weighted by Crippen LogP contribution is 2.29. The molecule has 0 aliphatic rings. The second-order valence-corrected chi connectivity index (χ2v) is 6.16.